The molecule has 0 spiro atoms. The van der Waals surface area contributed by atoms with E-state index in [2.05, 4.69) is 9.72 Å². The topological polar surface area (TPSA) is 59.4 Å². The minimum atomic E-state index is -4.87. The Morgan fingerprint density at radius 2 is 1.95 bits per heavy atom. The number of halogens is 4. The van der Waals surface area contributed by atoms with Gasteiger partial charge in [0.2, 0.25) is 0 Å². The van der Waals surface area contributed by atoms with Crippen LogP contribution in [-0.4, -0.2) is 22.4 Å². The van der Waals surface area contributed by atoms with E-state index in [0.717, 1.165) is 18.2 Å². The molecule has 0 saturated carbocycles. The standard InChI is InChI=1S/C14H9F4NO3/c15-11-5-4-9(7-12(20)21)19-13(11)8-2-1-3-10(6-8)22-14(16,17)18/h1-6H,7H2,(H,20,21). The fourth-order valence-electron chi connectivity index (χ4n) is 1.78. The summed E-state index contributed by atoms with van der Waals surface area (Å²) in [7, 11) is 0. The highest BCUT2D eigenvalue weighted by molar-refractivity contribution is 5.70. The highest BCUT2D eigenvalue weighted by Crippen LogP contribution is 2.28. The first kappa shape index (κ1) is 15.7. The number of ether oxygens (including phenoxy) is 1. The van der Waals surface area contributed by atoms with Gasteiger partial charge in [-0.05, 0) is 24.3 Å². The van der Waals surface area contributed by atoms with Gasteiger partial charge in [0.1, 0.15) is 17.3 Å². The van der Waals surface area contributed by atoms with Gasteiger partial charge in [0.15, 0.2) is 0 Å². The monoisotopic (exact) mass is 315 g/mol. The summed E-state index contributed by atoms with van der Waals surface area (Å²) in [6, 6.07) is 6.85. The summed E-state index contributed by atoms with van der Waals surface area (Å²) >= 11 is 0. The molecule has 2 aromatic rings. The number of nitrogens with zero attached hydrogens (tertiary/aromatic N) is 1. The number of carbonyl (C=O) groups is 1. The van der Waals surface area contributed by atoms with Gasteiger partial charge in [-0.15, -0.1) is 13.2 Å². The molecule has 0 unspecified atom stereocenters. The maximum absolute atomic E-state index is 13.8. The second-order valence-corrected chi connectivity index (χ2v) is 4.28. The minimum absolute atomic E-state index is 0.0477. The molecule has 1 aromatic heterocycles. The lowest BCUT2D eigenvalue weighted by Gasteiger charge is -2.10. The molecule has 2 rings (SSSR count). The van der Waals surface area contributed by atoms with Crippen LogP contribution in [0, 0.1) is 5.82 Å². The quantitative estimate of drug-likeness (QED) is 0.878. The SMILES string of the molecule is O=C(O)Cc1ccc(F)c(-c2cccc(OC(F)(F)F)c2)n1. The number of aliphatic carboxylic acids is 1. The molecular weight excluding hydrogens is 306 g/mol. The normalized spacial score (nSPS) is 11.3. The first-order chi connectivity index (χ1) is 10.2. The Balaban J connectivity index is 2.38. The van der Waals surface area contributed by atoms with Crippen LogP contribution < -0.4 is 4.74 Å². The van der Waals surface area contributed by atoms with Crippen molar-refractivity contribution in [2.45, 2.75) is 12.8 Å². The molecular formula is C14H9F4NO3. The first-order valence-electron chi connectivity index (χ1n) is 5.98. The molecule has 0 aliphatic carbocycles. The number of hydrogen-bond acceptors (Lipinski definition) is 3. The number of aromatic nitrogens is 1. The van der Waals surface area contributed by atoms with Crippen LogP contribution in [0.15, 0.2) is 36.4 Å². The van der Waals surface area contributed by atoms with Gasteiger partial charge in [0, 0.05) is 5.56 Å². The number of rotatable bonds is 4. The Bertz CT molecular complexity index is 701. The number of alkyl halides is 3. The summed E-state index contributed by atoms with van der Waals surface area (Å²) in [6.07, 6.45) is -5.29. The van der Waals surface area contributed by atoms with Crippen molar-refractivity contribution >= 4 is 5.97 Å². The summed E-state index contributed by atoms with van der Waals surface area (Å²) in [5, 5.41) is 8.69. The van der Waals surface area contributed by atoms with E-state index in [1.807, 2.05) is 0 Å². The van der Waals surface area contributed by atoms with Gasteiger partial charge < -0.3 is 9.84 Å². The van der Waals surface area contributed by atoms with E-state index in [9.17, 15) is 22.4 Å². The molecule has 4 nitrogen and oxygen atoms in total. The molecule has 0 amide bonds. The Morgan fingerprint density at radius 3 is 2.59 bits per heavy atom. The van der Waals surface area contributed by atoms with Gasteiger partial charge in [-0.1, -0.05) is 12.1 Å². The maximum atomic E-state index is 13.8. The van der Waals surface area contributed by atoms with Crippen LogP contribution in [-0.2, 0) is 11.2 Å². The van der Waals surface area contributed by atoms with Gasteiger partial charge in [-0.2, -0.15) is 0 Å². The fraction of sp³-hybridized carbons (Fsp3) is 0.143. The molecule has 0 aliphatic rings. The number of pyridine rings is 1. The van der Waals surface area contributed by atoms with Crippen LogP contribution in [0.2, 0.25) is 0 Å². The number of carboxylic acid groups (broad SMARTS) is 1. The van der Waals surface area contributed by atoms with E-state index in [4.69, 9.17) is 5.11 Å². The van der Waals surface area contributed by atoms with Crippen LogP contribution in [0.3, 0.4) is 0 Å². The summed E-state index contributed by atoms with van der Waals surface area (Å²) in [5.41, 5.74) is -0.107. The predicted molar refractivity (Wildman–Crippen MR) is 67.7 cm³/mol. The van der Waals surface area contributed by atoms with Crippen LogP contribution in [0.25, 0.3) is 11.3 Å². The summed E-state index contributed by atoms with van der Waals surface area (Å²) < 4.78 is 54.1. The zero-order valence-electron chi connectivity index (χ0n) is 10.9. The lowest BCUT2D eigenvalue weighted by molar-refractivity contribution is -0.274. The highest BCUT2D eigenvalue weighted by atomic mass is 19.4. The van der Waals surface area contributed by atoms with Gasteiger partial charge in [0.25, 0.3) is 0 Å². The van der Waals surface area contributed by atoms with Crippen molar-refractivity contribution in [3.05, 3.63) is 47.9 Å². The van der Waals surface area contributed by atoms with Gasteiger partial charge >= 0.3 is 12.3 Å². The minimum Gasteiger partial charge on any atom is -0.481 e. The van der Waals surface area contributed by atoms with Crippen LogP contribution in [0.4, 0.5) is 17.6 Å². The predicted octanol–water partition coefficient (Wildman–Crippen LogP) is 3.41. The van der Waals surface area contributed by atoms with E-state index >= 15 is 0 Å². The summed E-state index contributed by atoms with van der Waals surface area (Å²) in [5.74, 6) is -2.45. The highest BCUT2D eigenvalue weighted by Gasteiger charge is 2.31. The molecule has 0 bridgehead atoms. The average Bonchev–Trinajstić information content (AvgIpc) is 2.39. The van der Waals surface area contributed by atoms with Crippen molar-refractivity contribution in [2.24, 2.45) is 0 Å². The van der Waals surface area contributed by atoms with Crippen molar-refractivity contribution in [1.82, 2.24) is 4.98 Å². The zero-order valence-corrected chi connectivity index (χ0v) is 10.9. The van der Waals surface area contributed by atoms with Gasteiger partial charge in [-0.25, -0.2) is 9.37 Å². The van der Waals surface area contributed by atoms with Crippen LogP contribution in [0.5, 0.6) is 5.75 Å². The zero-order chi connectivity index (χ0) is 16.3. The average molecular weight is 315 g/mol. The largest absolute Gasteiger partial charge is 0.573 e. The van der Waals surface area contributed by atoms with Crippen molar-refractivity contribution in [2.75, 3.05) is 0 Å². The second-order valence-electron chi connectivity index (χ2n) is 4.28. The molecule has 0 radical (unpaired) electrons. The third kappa shape index (κ3) is 4.18. The molecule has 22 heavy (non-hydrogen) atoms. The van der Waals surface area contributed by atoms with E-state index in [1.54, 1.807) is 0 Å². The van der Waals surface area contributed by atoms with Crippen molar-refractivity contribution in [3.8, 4) is 17.0 Å². The molecule has 0 aliphatic heterocycles. The molecule has 0 fully saturated rings. The third-order valence-electron chi connectivity index (χ3n) is 2.58. The molecule has 1 N–H and O–H groups in total. The molecule has 1 heterocycles. The molecule has 1 aromatic carbocycles. The smallest absolute Gasteiger partial charge is 0.481 e. The Morgan fingerprint density at radius 1 is 1.23 bits per heavy atom. The van der Waals surface area contributed by atoms with E-state index in [1.165, 1.54) is 18.2 Å². The Kier molecular flexibility index (Phi) is 4.30. The Hall–Kier alpha value is -2.64. The lowest BCUT2D eigenvalue weighted by Crippen LogP contribution is -2.17. The number of benzene rings is 1. The number of hydrogen-bond donors (Lipinski definition) is 1. The third-order valence-corrected chi connectivity index (χ3v) is 2.58. The van der Waals surface area contributed by atoms with Gasteiger partial charge in [0.05, 0.1) is 12.1 Å². The second kappa shape index (κ2) is 6.00. The first-order valence-corrected chi connectivity index (χ1v) is 5.98. The van der Waals surface area contributed by atoms with E-state index < -0.39 is 30.3 Å². The van der Waals surface area contributed by atoms with E-state index in [-0.39, 0.29) is 17.0 Å². The number of carboxylic acids is 1. The van der Waals surface area contributed by atoms with Crippen LogP contribution >= 0.6 is 0 Å². The molecule has 0 atom stereocenters. The summed E-state index contributed by atoms with van der Waals surface area (Å²) in [6.45, 7) is 0. The van der Waals surface area contributed by atoms with E-state index in [0.29, 0.717) is 0 Å². The van der Waals surface area contributed by atoms with Gasteiger partial charge in [-0.3, -0.25) is 4.79 Å². The summed E-state index contributed by atoms with van der Waals surface area (Å²) in [4.78, 5) is 14.5. The maximum Gasteiger partial charge on any atom is 0.573 e. The fourth-order valence-corrected chi connectivity index (χ4v) is 1.78. The molecule has 116 valence electrons. The van der Waals surface area contributed by atoms with Crippen LogP contribution in [0.1, 0.15) is 5.69 Å². The molecule has 8 heteroatoms. The lowest BCUT2D eigenvalue weighted by atomic mass is 10.1. The Labute approximate surface area is 122 Å². The molecule has 0 saturated heterocycles. The van der Waals surface area contributed by atoms with Crippen molar-refractivity contribution in [3.63, 3.8) is 0 Å². The van der Waals surface area contributed by atoms with Crippen molar-refractivity contribution in [1.29, 1.82) is 0 Å². The van der Waals surface area contributed by atoms with Crippen molar-refractivity contribution < 1.29 is 32.2 Å².